The largest absolute Gasteiger partial charge is 0.477 e. The van der Waals surface area contributed by atoms with E-state index in [-0.39, 0.29) is 0 Å². The van der Waals surface area contributed by atoms with Gasteiger partial charge in [-0.3, -0.25) is 0 Å². The van der Waals surface area contributed by atoms with E-state index in [9.17, 15) is 0 Å². The predicted octanol–water partition coefficient (Wildman–Crippen LogP) is 2.19. The van der Waals surface area contributed by atoms with Gasteiger partial charge >= 0.3 is 0 Å². The molecule has 0 amide bonds. The summed E-state index contributed by atoms with van der Waals surface area (Å²) in [6.07, 6.45) is 7.51. The summed E-state index contributed by atoms with van der Waals surface area (Å²) in [6, 6.07) is 0. The lowest BCUT2D eigenvalue weighted by atomic mass is 10.1. The topological polar surface area (TPSA) is 61.0 Å². The van der Waals surface area contributed by atoms with Crippen molar-refractivity contribution in [3.05, 3.63) is 11.9 Å². The minimum atomic E-state index is 0.541. The van der Waals surface area contributed by atoms with Gasteiger partial charge in [-0.15, -0.1) is 0 Å². The van der Waals surface area contributed by atoms with Crippen LogP contribution in [0.15, 0.2) is 6.33 Å². The molecular formula is C12H19N3O. The molecule has 1 aliphatic rings. The summed E-state index contributed by atoms with van der Waals surface area (Å²) in [6.45, 7) is 2.81. The molecule has 1 aromatic heterocycles. The zero-order valence-electron chi connectivity index (χ0n) is 9.78. The van der Waals surface area contributed by atoms with Crippen molar-refractivity contribution in [2.24, 2.45) is 5.92 Å². The molecule has 0 bridgehead atoms. The standard InChI is InChI=1S/C12H19N3O/c1-2-10-11(13)14-8-15-12(10)16-7-9-5-3-4-6-9/h8-9H,2-7H2,1H3,(H2,13,14,15). The van der Waals surface area contributed by atoms with E-state index in [1.54, 1.807) is 0 Å². The van der Waals surface area contributed by atoms with Crippen LogP contribution in [0.5, 0.6) is 5.88 Å². The number of rotatable bonds is 4. The van der Waals surface area contributed by atoms with Crippen LogP contribution in [0.4, 0.5) is 5.82 Å². The lowest BCUT2D eigenvalue weighted by Gasteiger charge is -2.13. The summed E-state index contributed by atoms with van der Waals surface area (Å²) in [5.41, 5.74) is 6.72. The third-order valence-corrected chi connectivity index (χ3v) is 3.22. The molecular weight excluding hydrogens is 202 g/mol. The molecule has 0 unspecified atom stereocenters. The number of aromatic nitrogens is 2. The molecule has 4 heteroatoms. The third kappa shape index (κ3) is 2.43. The fourth-order valence-electron chi connectivity index (χ4n) is 2.24. The van der Waals surface area contributed by atoms with Crippen molar-refractivity contribution in [3.63, 3.8) is 0 Å². The fourth-order valence-corrected chi connectivity index (χ4v) is 2.24. The van der Waals surface area contributed by atoms with Crippen molar-refractivity contribution in [2.75, 3.05) is 12.3 Å². The Hall–Kier alpha value is -1.32. The Kier molecular flexibility index (Phi) is 3.59. The van der Waals surface area contributed by atoms with E-state index in [1.807, 2.05) is 6.92 Å². The SMILES string of the molecule is CCc1c(N)ncnc1OCC1CCCC1. The van der Waals surface area contributed by atoms with Gasteiger partial charge in [0.05, 0.1) is 12.2 Å². The van der Waals surface area contributed by atoms with Crippen LogP contribution in [-0.2, 0) is 6.42 Å². The predicted molar refractivity (Wildman–Crippen MR) is 63.3 cm³/mol. The maximum Gasteiger partial charge on any atom is 0.221 e. The molecule has 1 aliphatic carbocycles. The molecule has 2 N–H and O–H groups in total. The normalized spacial score (nSPS) is 16.6. The van der Waals surface area contributed by atoms with Gasteiger partial charge < -0.3 is 10.5 Å². The molecule has 1 heterocycles. The maximum atomic E-state index is 5.78. The van der Waals surface area contributed by atoms with E-state index in [4.69, 9.17) is 10.5 Å². The second-order valence-corrected chi connectivity index (χ2v) is 4.36. The number of nitrogen functional groups attached to an aromatic ring is 1. The second kappa shape index (κ2) is 5.14. The Morgan fingerprint density at radius 3 is 2.81 bits per heavy atom. The van der Waals surface area contributed by atoms with Crippen LogP contribution < -0.4 is 10.5 Å². The van der Waals surface area contributed by atoms with Crippen molar-refractivity contribution in [3.8, 4) is 5.88 Å². The van der Waals surface area contributed by atoms with Crippen LogP contribution >= 0.6 is 0 Å². The van der Waals surface area contributed by atoms with Gasteiger partial charge in [0.15, 0.2) is 0 Å². The van der Waals surface area contributed by atoms with Gasteiger partial charge in [0.1, 0.15) is 12.1 Å². The molecule has 0 radical (unpaired) electrons. The molecule has 1 aromatic rings. The number of nitrogens with zero attached hydrogens (tertiary/aromatic N) is 2. The van der Waals surface area contributed by atoms with E-state index in [1.165, 1.54) is 32.0 Å². The highest BCUT2D eigenvalue weighted by molar-refractivity contribution is 5.44. The van der Waals surface area contributed by atoms with Gasteiger partial charge in [0.2, 0.25) is 5.88 Å². The summed E-state index contributed by atoms with van der Waals surface area (Å²) < 4.78 is 5.76. The molecule has 0 atom stereocenters. The van der Waals surface area contributed by atoms with E-state index >= 15 is 0 Å². The third-order valence-electron chi connectivity index (χ3n) is 3.22. The van der Waals surface area contributed by atoms with Crippen molar-refractivity contribution in [1.29, 1.82) is 0 Å². The van der Waals surface area contributed by atoms with E-state index in [2.05, 4.69) is 9.97 Å². The van der Waals surface area contributed by atoms with Crippen LogP contribution in [0.3, 0.4) is 0 Å². The van der Waals surface area contributed by atoms with Gasteiger partial charge in [0, 0.05) is 0 Å². The summed E-state index contributed by atoms with van der Waals surface area (Å²) in [5.74, 6) is 1.90. The van der Waals surface area contributed by atoms with Gasteiger partial charge in [-0.1, -0.05) is 19.8 Å². The van der Waals surface area contributed by atoms with Crippen LogP contribution in [0.25, 0.3) is 0 Å². The summed E-state index contributed by atoms with van der Waals surface area (Å²) in [4.78, 5) is 8.14. The molecule has 2 rings (SSSR count). The summed E-state index contributed by atoms with van der Waals surface area (Å²) in [7, 11) is 0. The molecule has 4 nitrogen and oxygen atoms in total. The number of ether oxygens (including phenoxy) is 1. The number of hydrogen-bond donors (Lipinski definition) is 1. The average Bonchev–Trinajstić information content (AvgIpc) is 2.79. The zero-order valence-corrected chi connectivity index (χ0v) is 9.78. The summed E-state index contributed by atoms with van der Waals surface area (Å²) in [5, 5.41) is 0. The van der Waals surface area contributed by atoms with Crippen LogP contribution in [0.1, 0.15) is 38.2 Å². The zero-order chi connectivity index (χ0) is 11.4. The van der Waals surface area contributed by atoms with Gasteiger partial charge in [0.25, 0.3) is 0 Å². The first-order valence-electron chi connectivity index (χ1n) is 6.03. The maximum absolute atomic E-state index is 5.78. The van der Waals surface area contributed by atoms with Crippen molar-refractivity contribution in [2.45, 2.75) is 39.0 Å². The van der Waals surface area contributed by atoms with E-state index < -0.39 is 0 Å². The smallest absolute Gasteiger partial charge is 0.221 e. The first kappa shape index (κ1) is 11.2. The van der Waals surface area contributed by atoms with Crippen molar-refractivity contribution in [1.82, 2.24) is 9.97 Å². The Balaban J connectivity index is 2.00. The minimum absolute atomic E-state index is 0.541. The first-order chi connectivity index (χ1) is 7.81. The first-order valence-corrected chi connectivity index (χ1v) is 6.03. The molecule has 1 saturated carbocycles. The van der Waals surface area contributed by atoms with Crippen molar-refractivity contribution >= 4 is 5.82 Å². The Bertz CT molecular complexity index is 348. The summed E-state index contributed by atoms with van der Waals surface area (Å²) >= 11 is 0. The number of nitrogens with two attached hydrogens (primary N) is 1. The lowest BCUT2D eigenvalue weighted by Crippen LogP contribution is -2.11. The van der Waals surface area contributed by atoms with E-state index in [0.717, 1.165) is 18.6 Å². The Labute approximate surface area is 96.2 Å². The van der Waals surface area contributed by atoms with Gasteiger partial charge in [-0.05, 0) is 25.2 Å². The molecule has 16 heavy (non-hydrogen) atoms. The molecule has 1 fully saturated rings. The monoisotopic (exact) mass is 221 g/mol. The quantitative estimate of drug-likeness (QED) is 0.846. The van der Waals surface area contributed by atoms with Crippen LogP contribution in [-0.4, -0.2) is 16.6 Å². The fraction of sp³-hybridized carbons (Fsp3) is 0.667. The number of hydrogen-bond acceptors (Lipinski definition) is 4. The molecule has 88 valence electrons. The Morgan fingerprint density at radius 2 is 2.12 bits per heavy atom. The van der Waals surface area contributed by atoms with E-state index in [0.29, 0.717) is 17.6 Å². The second-order valence-electron chi connectivity index (χ2n) is 4.36. The van der Waals surface area contributed by atoms with Crippen LogP contribution in [0.2, 0.25) is 0 Å². The van der Waals surface area contributed by atoms with Crippen LogP contribution in [0, 0.1) is 5.92 Å². The highest BCUT2D eigenvalue weighted by atomic mass is 16.5. The number of anilines is 1. The van der Waals surface area contributed by atoms with Crippen molar-refractivity contribution < 1.29 is 4.74 Å². The minimum Gasteiger partial charge on any atom is -0.477 e. The van der Waals surface area contributed by atoms with Gasteiger partial charge in [-0.25, -0.2) is 9.97 Å². The van der Waals surface area contributed by atoms with Gasteiger partial charge in [-0.2, -0.15) is 0 Å². The average molecular weight is 221 g/mol. The molecule has 0 spiro atoms. The molecule has 0 saturated heterocycles. The molecule has 0 aliphatic heterocycles. The Morgan fingerprint density at radius 1 is 1.38 bits per heavy atom. The molecule has 0 aromatic carbocycles. The highest BCUT2D eigenvalue weighted by Crippen LogP contribution is 2.26. The highest BCUT2D eigenvalue weighted by Gasteiger charge is 2.17. The lowest BCUT2D eigenvalue weighted by molar-refractivity contribution is 0.241.